The summed E-state index contributed by atoms with van der Waals surface area (Å²) < 4.78 is 13.5. The average molecular weight is 565 g/mol. The summed E-state index contributed by atoms with van der Waals surface area (Å²) in [7, 11) is 0. The van der Waals surface area contributed by atoms with E-state index in [-0.39, 0.29) is 25.2 Å². The Labute approximate surface area is 184 Å². The molecule has 0 unspecified atom stereocenters. The molecule has 2 aromatic rings. The van der Waals surface area contributed by atoms with Gasteiger partial charge in [0.15, 0.2) is 6.29 Å². The molecule has 0 aliphatic heterocycles. The minimum Gasteiger partial charge on any atom is -0.489 e. The van der Waals surface area contributed by atoms with Crippen LogP contribution in [0, 0.1) is 6.92 Å². The average Bonchev–Trinajstić information content (AvgIpc) is 2.60. The number of aldehydes is 1. The van der Waals surface area contributed by atoms with Crippen LogP contribution in [0.25, 0.3) is 0 Å². The summed E-state index contributed by atoms with van der Waals surface area (Å²) in [4.78, 5) is 10.6. The molecule has 146 valence electrons. The van der Waals surface area contributed by atoms with Gasteiger partial charge in [-0.05, 0) is 89.6 Å². The fraction of sp³-hybridized carbons (Fsp3) is 0.350. The highest BCUT2D eigenvalue weighted by atomic mass is 79.9. The first-order chi connectivity index (χ1) is 12.7. The van der Waals surface area contributed by atoms with Gasteiger partial charge in [0.1, 0.15) is 24.7 Å². The van der Waals surface area contributed by atoms with Gasteiger partial charge in [-0.25, -0.2) is 0 Å². The Morgan fingerprint density at radius 3 is 1.96 bits per heavy atom. The van der Waals surface area contributed by atoms with Gasteiger partial charge in [-0.3, -0.25) is 4.79 Å². The Balaban J connectivity index is 2.45. The minimum atomic E-state index is -0.295. The Kier molecular flexibility index (Phi) is 7.92. The zero-order valence-electron chi connectivity index (χ0n) is 15.3. The van der Waals surface area contributed by atoms with Crippen LogP contribution >= 0.6 is 47.8 Å². The van der Waals surface area contributed by atoms with Gasteiger partial charge >= 0.3 is 0 Å². The molecule has 0 aliphatic rings. The van der Waals surface area contributed by atoms with E-state index in [1.165, 1.54) is 0 Å². The molecule has 0 saturated carbocycles. The zero-order valence-corrected chi connectivity index (χ0v) is 20.1. The van der Waals surface area contributed by atoms with Crippen LogP contribution in [0.3, 0.4) is 0 Å². The van der Waals surface area contributed by atoms with Crippen molar-refractivity contribution in [1.29, 1.82) is 0 Å². The first-order valence-corrected chi connectivity index (χ1v) is 10.7. The lowest BCUT2D eigenvalue weighted by Gasteiger charge is -2.28. The summed E-state index contributed by atoms with van der Waals surface area (Å²) >= 11 is 10.7. The number of aliphatic hydroxyl groups excluding tert-OH is 1. The molecule has 0 spiro atoms. The largest absolute Gasteiger partial charge is 0.489 e. The van der Waals surface area contributed by atoms with Crippen LogP contribution < -0.4 is 9.47 Å². The molecule has 0 aliphatic carbocycles. The highest BCUT2D eigenvalue weighted by Gasteiger charge is 2.27. The van der Waals surface area contributed by atoms with E-state index in [0.717, 1.165) is 36.4 Å². The molecule has 0 bridgehead atoms. The molecule has 2 aromatic carbocycles. The van der Waals surface area contributed by atoms with E-state index in [1.807, 2.05) is 25.1 Å². The molecule has 0 radical (unpaired) electrons. The van der Waals surface area contributed by atoms with Gasteiger partial charge in [-0.2, -0.15) is 0 Å². The van der Waals surface area contributed by atoms with Crippen molar-refractivity contribution < 1.29 is 19.4 Å². The second-order valence-electron chi connectivity index (χ2n) is 6.55. The van der Waals surface area contributed by atoms with Crippen molar-refractivity contribution in [1.82, 2.24) is 0 Å². The first-order valence-electron chi connectivity index (χ1n) is 8.32. The highest BCUT2D eigenvalue weighted by molar-refractivity contribution is 9.11. The van der Waals surface area contributed by atoms with Crippen molar-refractivity contribution >= 4 is 54.1 Å². The number of hydrogen-bond donors (Lipinski definition) is 1. The second-order valence-corrected chi connectivity index (χ2v) is 9.11. The van der Waals surface area contributed by atoms with Crippen molar-refractivity contribution in [3.8, 4) is 11.5 Å². The first kappa shape index (κ1) is 22.4. The quantitative estimate of drug-likeness (QED) is 0.427. The number of carbonyl (C=O) groups excluding carboxylic acids is 1. The number of benzene rings is 2. The number of aliphatic hydroxyl groups is 1. The molecule has 0 aromatic heterocycles. The molecule has 0 atom stereocenters. The van der Waals surface area contributed by atoms with E-state index in [4.69, 9.17) is 14.6 Å². The fourth-order valence-corrected chi connectivity index (χ4v) is 4.85. The third-order valence-electron chi connectivity index (χ3n) is 4.30. The SMILES string of the molecule is Cc1cc(C(C)(C)c2cc(Br)c(OCCO)c(Br)c2)cc(Br)c1OCC=O. The monoisotopic (exact) mass is 562 g/mol. The predicted molar refractivity (Wildman–Crippen MR) is 117 cm³/mol. The lowest BCUT2D eigenvalue weighted by molar-refractivity contribution is -0.109. The van der Waals surface area contributed by atoms with Crippen molar-refractivity contribution in [3.05, 3.63) is 54.4 Å². The maximum absolute atomic E-state index is 10.6. The standard InChI is InChI=1S/C20H21Br3O4/c1-12-8-13(9-15(21)18(12)26-6-4-24)20(2,3)14-10-16(22)19(17(23)11-14)27-7-5-25/h4,8-11,25H,5-7H2,1-3H3. The summed E-state index contributed by atoms with van der Waals surface area (Å²) in [6, 6.07) is 8.14. The number of halogens is 3. The molecular formula is C20H21Br3O4. The smallest absolute Gasteiger partial charge is 0.157 e. The number of carbonyl (C=O) groups is 1. The molecule has 27 heavy (non-hydrogen) atoms. The minimum absolute atomic E-state index is 0.0252. The maximum atomic E-state index is 10.6. The number of hydrogen-bond acceptors (Lipinski definition) is 4. The van der Waals surface area contributed by atoms with Crippen LogP contribution in [0.5, 0.6) is 11.5 Å². The Bertz CT molecular complexity index is 788. The van der Waals surface area contributed by atoms with Crippen molar-refractivity contribution in [2.24, 2.45) is 0 Å². The van der Waals surface area contributed by atoms with Crippen LogP contribution in [0.4, 0.5) is 0 Å². The van der Waals surface area contributed by atoms with Crippen LogP contribution in [-0.2, 0) is 10.2 Å². The van der Waals surface area contributed by atoms with E-state index < -0.39 is 0 Å². The summed E-state index contributed by atoms with van der Waals surface area (Å²) in [6.45, 7) is 6.46. The molecule has 0 amide bonds. The topological polar surface area (TPSA) is 55.8 Å². The van der Waals surface area contributed by atoms with Gasteiger partial charge in [0.25, 0.3) is 0 Å². The van der Waals surface area contributed by atoms with Crippen molar-refractivity contribution in [2.45, 2.75) is 26.2 Å². The van der Waals surface area contributed by atoms with E-state index in [1.54, 1.807) is 0 Å². The predicted octanol–water partition coefficient (Wildman–Crippen LogP) is 5.56. The van der Waals surface area contributed by atoms with Gasteiger partial charge in [0, 0.05) is 5.41 Å². The number of rotatable bonds is 8. The number of ether oxygens (including phenoxy) is 2. The molecular weight excluding hydrogens is 544 g/mol. The van der Waals surface area contributed by atoms with Crippen LogP contribution in [0.2, 0.25) is 0 Å². The van der Waals surface area contributed by atoms with Crippen LogP contribution in [0.1, 0.15) is 30.5 Å². The molecule has 0 heterocycles. The normalized spacial score (nSPS) is 11.4. The number of aryl methyl sites for hydroxylation is 1. The Hall–Kier alpha value is -0.890. The van der Waals surface area contributed by atoms with E-state index in [0.29, 0.717) is 11.5 Å². The second kappa shape index (κ2) is 9.54. The van der Waals surface area contributed by atoms with Gasteiger partial charge in [-0.1, -0.05) is 19.9 Å². The molecule has 2 rings (SSSR count). The fourth-order valence-electron chi connectivity index (χ4n) is 2.76. The Morgan fingerprint density at radius 1 is 0.963 bits per heavy atom. The van der Waals surface area contributed by atoms with Gasteiger partial charge < -0.3 is 14.6 Å². The molecule has 1 N–H and O–H groups in total. The van der Waals surface area contributed by atoms with E-state index >= 15 is 0 Å². The van der Waals surface area contributed by atoms with Crippen LogP contribution in [0.15, 0.2) is 37.7 Å². The van der Waals surface area contributed by atoms with Crippen molar-refractivity contribution in [2.75, 3.05) is 19.8 Å². The molecule has 0 fully saturated rings. The van der Waals surface area contributed by atoms with E-state index in [9.17, 15) is 4.79 Å². The van der Waals surface area contributed by atoms with E-state index in [2.05, 4.69) is 67.7 Å². The summed E-state index contributed by atoms with van der Waals surface area (Å²) in [5.41, 5.74) is 2.85. The third kappa shape index (κ3) is 5.13. The van der Waals surface area contributed by atoms with Gasteiger partial charge in [0.05, 0.1) is 20.0 Å². The summed E-state index contributed by atoms with van der Waals surface area (Å²) in [5.74, 6) is 1.34. The zero-order chi connectivity index (χ0) is 20.2. The summed E-state index contributed by atoms with van der Waals surface area (Å²) in [6.07, 6.45) is 0.735. The third-order valence-corrected chi connectivity index (χ3v) is 6.07. The summed E-state index contributed by atoms with van der Waals surface area (Å²) in [5, 5.41) is 8.98. The molecule has 0 saturated heterocycles. The lowest BCUT2D eigenvalue weighted by atomic mass is 9.77. The van der Waals surface area contributed by atoms with Crippen molar-refractivity contribution in [3.63, 3.8) is 0 Å². The Morgan fingerprint density at radius 2 is 1.48 bits per heavy atom. The highest BCUT2D eigenvalue weighted by Crippen LogP contribution is 2.42. The van der Waals surface area contributed by atoms with Crippen LogP contribution in [-0.4, -0.2) is 31.2 Å². The molecule has 7 heteroatoms. The maximum Gasteiger partial charge on any atom is 0.157 e. The molecule has 4 nitrogen and oxygen atoms in total. The van der Waals surface area contributed by atoms with Gasteiger partial charge in [-0.15, -0.1) is 0 Å². The lowest BCUT2D eigenvalue weighted by Crippen LogP contribution is -2.20. The van der Waals surface area contributed by atoms with Gasteiger partial charge in [0.2, 0.25) is 0 Å².